The molecule has 0 radical (unpaired) electrons. The lowest BCUT2D eigenvalue weighted by Crippen LogP contribution is -2.22. The van der Waals surface area contributed by atoms with Crippen molar-refractivity contribution in [3.8, 4) is 0 Å². The van der Waals surface area contributed by atoms with Crippen LogP contribution in [0.25, 0.3) is 0 Å². The van der Waals surface area contributed by atoms with E-state index >= 15 is 0 Å². The van der Waals surface area contributed by atoms with E-state index in [1.165, 1.54) is 6.42 Å². The number of nitrogens with zero attached hydrogens (tertiary/aromatic N) is 2. The van der Waals surface area contributed by atoms with E-state index in [0.29, 0.717) is 5.41 Å². The fraction of sp³-hybridized carbons (Fsp3) is 0.750. The van der Waals surface area contributed by atoms with Gasteiger partial charge >= 0.3 is 0 Å². The van der Waals surface area contributed by atoms with Crippen LogP contribution in [-0.2, 0) is 13.1 Å². The van der Waals surface area contributed by atoms with Crippen molar-refractivity contribution in [2.75, 3.05) is 6.54 Å². The average Bonchev–Trinajstić information content (AvgIpc) is 2.58. The van der Waals surface area contributed by atoms with Crippen LogP contribution in [0.5, 0.6) is 0 Å². The van der Waals surface area contributed by atoms with Gasteiger partial charge in [-0.2, -0.15) is 0 Å². The minimum Gasteiger partial charge on any atom is -0.334 e. The SMILES string of the molecule is CCn1ccnc1CNCCC(C)(C)C. The Hall–Kier alpha value is -0.830. The Morgan fingerprint density at radius 1 is 1.40 bits per heavy atom. The molecule has 0 aliphatic carbocycles. The fourth-order valence-corrected chi connectivity index (χ4v) is 1.46. The number of hydrogen-bond donors (Lipinski definition) is 1. The van der Waals surface area contributed by atoms with Crippen LogP contribution >= 0.6 is 0 Å². The van der Waals surface area contributed by atoms with Gasteiger partial charge in [-0.3, -0.25) is 0 Å². The highest BCUT2D eigenvalue weighted by atomic mass is 15.1. The van der Waals surface area contributed by atoms with Crippen molar-refractivity contribution in [2.24, 2.45) is 5.41 Å². The van der Waals surface area contributed by atoms with E-state index in [1.807, 2.05) is 12.4 Å². The number of nitrogens with one attached hydrogen (secondary N) is 1. The molecule has 1 heterocycles. The van der Waals surface area contributed by atoms with Crippen LogP contribution in [0, 0.1) is 5.41 Å². The van der Waals surface area contributed by atoms with Crippen molar-refractivity contribution in [3.05, 3.63) is 18.2 Å². The Labute approximate surface area is 92.9 Å². The monoisotopic (exact) mass is 209 g/mol. The van der Waals surface area contributed by atoms with E-state index in [9.17, 15) is 0 Å². The molecule has 0 bridgehead atoms. The van der Waals surface area contributed by atoms with Crippen LogP contribution in [0.2, 0.25) is 0 Å². The van der Waals surface area contributed by atoms with Crippen molar-refractivity contribution >= 4 is 0 Å². The summed E-state index contributed by atoms with van der Waals surface area (Å²) in [6.45, 7) is 11.9. The highest BCUT2D eigenvalue weighted by Gasteiger charge is 2.09. The summed E-state index contributed by atoms with van der Waals surface area (Å²) in [5.41, 5.74) is 0.410. The third-order valence-electron chi connectivity index (χ3n) is 2.48. The average molecular weight is 209 g/mol. The summed E-state index contributed by atoms with van der Waals surface area (Å²) in [5.74, 6) is 1.13. The first-order valence-corrected chi connectivity index (χ1v) is 5.73. The van der Waals surface area contributed by atoms with Crippen LogP contribution in [0.4, 0.5) is 0 Å². The second-order valence-corrected chi connectivity index (χ2v) is 5.12. The number of hydrogen-bond acceptors (Lipinski definition) is 2. The van der Waals surface area contributed by atoms with Gasteiger partial charge in [0.25, 0.3) is 0 Å². The molecule has 1 rings (SSSR count). The zero-order valence-corrected chi connectivity index (χ0v) is 10.4. The second kappa shape index (κ2) is 5.31. The van der Waals surface area contributed by atoms with E-state index in [-0.39, 0.29) is 0 Å². The van der Waals surface area contributed by atoms with Gasteiger partial charge in [0.15, 0.2) is 0 Å². The van der Waals surface area contributed by atoms with E-state index in [1.54, 1.807) is 0 Å². The normalized spacial score (nSPS) is 12.0. The molecule has 3 nitrogen and oxygen atoms in total. The second-order valence-electron chi connectivity index (χ2n) is 5.12. The summed E-state index contributed by atoms with van der Waals surface area (Å²) >= 11 is 0. The molecule has 15 heavy (non-hydrogen) atoms. The first-order valence-electron chi connectivity index (χ1n) is 5.73. The molecule has 1 aromatic heterocycles. The molecule has 0 spiro atoms. The van der Waals surface area contributed by atoms with Gasteiger partial charge in [-0.25, -0.2) is 4.98 Å². The molecule has 0 unspecified atom stereocenters. The van der Waals surface area contributed by atoms with Crippen LogP contribution in [0.1, 0.15) is 39.9 Å². The molecule has 0 aliphatic rings. The summed E-state index contributed by atoms with van der Waals surface area (Å²) in [6, 6.07) is 0. The summed E-state index contributed by atoms with van der Waals surface area (Å²) in [5, 5.41) is 3.44. The van der Waals surface area contributed by atoms with Crippen molar-refractivity contribution in [2.45, 2.75) is 47.2 Å². The molecule has 0 aliphatic heterocycles. The maximum atomic E-state index is 4.32. The standard InChI is InChI=1S/C12H23N3/c1-5-15-9-8-14-11(15)10-13-7-6-12(2,3)4/h8-9,13H,5-7,10H2,1-4H3. The topological polar surface area (TPSA) is 29.9 Å². The van der Waals surface area contributed by atoms with Gasteiger partial charge in [0.2, 0.25) is 0 Å². The van der Waals surface area contributed by atoms with E-state index in [4.69, 9.17) is 0 Å². The predicted molar refractivity (Wildman–Crippen MR) is 63.7 cm³/mol. The Kier molecular flexibility index (Phi) is 4.33. The van der Waals surface area contributed by atoms with E-state index in [2.05, 4.69) is 42.6 Å². The van der Waals surface area contributed by atoms with E-state index < -0.39 is 0 Å². The molecule has 1 aromatic rings. The Morgan fingerprint density at radius 3 is 2.73 bits per heavy atom. The molecule has 1 N–H and O–H groups in total. The highest BCUT2D eigenvalue weighted by molar-refractivity contribution is 4.91. The summed E-state index contributed by atoms with van der Waals surface area (Å²) in [6.07, 6.45) is 5.09. The van der Waals surface area contributed by atoms with Crippen molar-refractivity contribution in [1.29, 1.82) is 0 Å². The number of aryl methyl sites for hydroxylation is 1. The Morgan fingerprint density at radius 2 is 2.13 bits per heavy atom. The minimum atomic E-state index is 0.410. The third kappa shape index (κ3) is 4.47. The minimum absolute atomic E-state index is 0.410. The first kappa shape index (κ1) is 12.2. The summed E-state index contributed by atoms with van der Waals surface area (Å²) in [7, 11) is 0. The van der Waals surface area contributed by atoms with Gasteiger partial charge in [0.05, 0.1) is 6.54 Å². The maximum Gasteiger partial charge on any atom is 0.122 e. The highest BCUT2D eigenvalue weighted by Crippen LogP contribution is 2.16. The van der Waals surface area contributed by atoms with Crippen molar-refractivity contribution in [3.63, 3.8) is 0 Å². The largest absolute Gasteiger partial charge is 0.334 e. The van der Waals surface area contributed by atoms with Gasteiger partial charge < -0.3 is 9.88 Å². The lowest BCUT2D eigenvalue weighted by atomic mass is 9.92. The van der Waals surface area contributed by atoms with Crippen LogP contribution in [0.3, 0.4) is 0 Å². The molecule has 0 aromatic carbocycles. The third-order valence-corrected chi connectivity index (χ3v) is 2.48. The molecular formula is C12H23N3. The van der Waals surface area contributed by atoms with Gasteiger partial charge in [-0.15, -0.1) is 0 Å². The van der Waals surface area contributed by atoms with Crippen LogP contribution < -0.4 is 5.32 Å². The fourth-order valence-electron chi connectivity index (χ4n) is 1.46. The molecule has 0 saturated heterocycles. The smallest absolute Gasteiger partial charge is 0.122 e. The summed E-state index contributed by atoms with van der Waals surface area (Å²) < 4.78 is 2.17. The number of aromatic nitrogens is 2. The zero-order valence-electron chi connectivity index (χ0n) is 10.4. The maximum absolute atomic E-state index is 4.32. The molecule has 0 amide bonds. The lowest BCUT2D eigenvalue weighted by molar-refractivity contribution is 0.365. The first-order chi connectivity index (χ1) is 7.03. The molecule has 3 heteroatoms. The molecule has 0 saturated carbocycles. The lowest BCUT2D eigenvalue weighted by Gasteiger charge is -2.18. The van der Waals surface area contributed by atoms with Gasteiger partial charge in [0.1, 0.15) is 5.82 Å². The Balaban J connectivity index is 2.26. The predicted octanol–water partition coefficient (Wildman–Crippen LogP) is 2.43. The van der Waals surface area contributed by atoms with Gasteiger partial charge in [-0.05, 0) is 25.3 Å². The van der Waals surface area contributed by atoms with Crippen LogP contribution in [0.15, 0.2) is 12.4 Å². The summed E-state index contributed by atoms with van der Waals surface area (Å²) in [4.78, 5) is 4.32. The zero-order chi connectivity index (χ0) is 11.3. The van der Waals surface area contributed by atoms with Crippen LogP contribution in [-0.4, -0.2) is 16.1 Å². The molecule has 86 valence electrons. The molecule has 0 atom stereocenters. The quantitative estimate of drug-likeness (QED) is 0.755. The van der Waals surface area contributed by atoms with Crippen molar-refractivity contribution in [1.82, 2.24) is 14.9 Å². The van der Waals surface area contributed by atoms with Gasteiger partial charge in [-0.1, -0.05) is 20.8 Å². The van der Waals surface area contributed by atoms with E-state index in [0.717, 1.165) is 25.5 Å². The molecule has 0 fully saturated rings. The number of rotatable bonds is 5. The molecular weight excluding hydrogens is 186 g/mol. The Bertz CT molecular complexity index is 283. The number of imidazole rings is 1. The van der Waals surface area contributed by atoms with Gasteiger partial charge in [0, 0.05) is 18.9 Å². The van der Waals surface area contributed by atoms with Crippen molar-refractivity contribution < 1.29 is 0 Å².